The summed E-state index contributed by atoms with van der Waals surface area (Å²) < 4.78 is 0. The molecule has 0 unspecified atom stereocenters. The van der Waals surface area contributed by atoms with Gasteiger partial charge in [-0.05, 0) is 23.0 Å². The normalized spacial score (nSPS) is 16.6. The number of carbonyl (C=O) groups is 1. The number of ketones is 1. The van der Waals surface area contributed by atoms with Crippen molar-refractivity contribution >= 4 is 34.3 Å². The topological polar surface area (TPSA) is 43.1 Å². The van der Waals surface area contributed by atoms with Crippen molar-refractivity contribution in [2.45, 2.75) is 26.7 Å². The molecule has 1 aromatic heterocycles. The maximum absolute atomic E-state index is 12.7. The molecule has 21 heavy (non-hydrogen) atoms. The molecule has 1 aliphatic carbocycles. The lowest BCUT2D eigenvalue weighted by Crippen LogP contribution is -2.28. The van der Waals surface area contributed by atoms with Crippen molar-refractivity contribution in [2.24, 2.45) is 11.1 Å². The molecule has 108 valence electrons. The second-order valence-electron chi connectivity index (χ2n) is 6.29. The number of thiocarbonyl (C=S) groups is 1. The van der Waals surface area contributed by atoms with E-state index in [9.17, 15) is 4.79 Å². The molecule has 1 aliphatic rings. The lowest BCUT2D eigenvalue weighted by molar-refractivity contribution is 0.0914. The maximum Gasteiger partial charge on any atom is 0.165 e. The summed E-state index contributed by atoms with van der Waals surface area (Å²) in [5.74, 6) is 0.207. The average Bonchev–Trinajstić information content (AvgIpc) is 2.78. The van der Waals surface area contributed by atoms with Gasteiger partial charge in [-0.3, -0.25) is 4.79 Å². The SMILES string of the molecule is CC1(C)CC(=O)c2c(-c3ccccc3)sc(C(N)=S)c2C1. The predicted octanol–water partition coefficient (Wildman–Crippen LogP) is 4.20. The van der Waals surface area contributed by atoms with Crippen LogP contribution in [-0.4, -0.2) is 10.8 Å². The van der Waals surface area contributed by atoms with Crippen LogP contribution < -0.4 is 5.73 Å². The molecule has 1 heterocycles. The molecule has 2 N–H and O–H groups in total. The van der Waals surface area contributed by atoms with Gasteiger partial charge in [0.15, 0.2) is 5.78 Å². The monoisotopic (exact) mass is 315 g/mol. The van der Waals surface area contributed by atoms with Gasteiger partial charge in [-0.2, -0.15) is 0 Å². The molecule has 0 aliphatic heterocycles. The van der Waals surface area contributed by atoms with Gasteiger partial charge in [0, 0.05) is 16.9 Å². The number of Topliss-reactive ketones (excluding diaryl/α,β-unsaturated/α-hetero) is 1. The van der Waals surface area contributed by atoms with Crippen LogP contribution in [0.5, 0.6) is 0 Å². The number of hydrogen-bond acceptors (Lipinski definition) is 3. The molecule has 0 radical (unpaired) electrons. The van der Waals surface area contributed by atoms with Gasteiger partial charge < -0.3 is 5.73 Å². The molecule has 4 heteroatoms. The van der Waals surface area contributed by atoms with Crippen LogP contribution in [0.25, 0.3) is 10.4 Å². The van der Waals surface area contributed by atoms with Gasteiger partial charge in [0.25, 0.3) is 0 Å². The number of thiophene rings is 1. The van der Waals surface area contributed by atoms with Crippen molar-refractivity contribution in [2.75, 3.05) is 0 Å². The zero-order valence-electron chi connectivity index (χ0n) is 12.1. The molecule has 0 fully saturated rings. The van der Waals surface area contributed by atoms with Gasteiger partial charge in [-0.25, -0.2) is 0 Å². The van der Waals surface area contributed by atoms with E-state index < -0.39 is 0 Å². The highest BCUT2D eigenvalue weighted by atomic mass is 32.1. The van der Waals surface area contributed by atoms with E-state index >= 15 is 0 Å². The minimum absolute atomic E-state index is 0.0291. The van der Waals surface area contributed by atoms with E-state index in [0.717, 1.165) is 32.9 Å². The molecule has 0 bridgehead atoms. The number of nitrogens with two attached hydrogens (primary N) is 1. The third-order valence-electron chi connectivity index (χ3n) is 3.84. The molecule has 1 aromatic carbocycles. The first-order valence-corrected chi connectivity index (χ1v) is 8.15. The molecular formula is C17H17NOS2. The van der Waals surface area contributed by atoms with Crippen LogP contribution in [-0.2, 0) is 6.42 Å². The Labute approximate surface area is 134 Å². The number of rotatable bonds is 2. The van der Waals surface area contributed by atoms with Crippen molar-refractivity contribution in [3.63, 3.8) is 0 Å². The first-order chi connectivity index (χ1) is 9.89. The van der Waals surface area contributed by atoms with E-state index in [0.29, 0.717) is 11.4 Å². The Hall–Kier alpha value is -1.52. The number of benzene rings is 1. The van der Waals surface area contributed by atoms with Gasteiger partial charge in [0.2, 0.25) is 0 Å². The van der Waals surface area contributed by atoms with E-state index in [-0.39, 0.29) is 11.2 Å². The van der Waals surface area contributed by atoms with Gasteiger partial charge in [0.05, 0.1) is 4.88 Å². The Morgan fingerprint density at radius 2 is 1.90 bits per heavy atom. The van der Waals surface area contributed by atoms with Crippen molar-refractivity contribution in [1.29, 1.82) is 0 Å². The lowest BCUT2D eigenvalue weighted by atomic mass is 9.73. The van der Waals surface area contributed by atoms with Crippen molar-refractivity contribution < 1.29 is 4.79 Å². The van der Waals surface area contributed by atoms with E-state index in [1.165, 1.54) is 0 Å². The van der Waals surface area contributed by atoms with Crippen LogP contribution in [0.2, 0.25) is 0 Å². The van der Waals surface area contributed by atoms with Crippen molar-refractivity contribution in [3.05, 3.63) is 46.3 Å². The van der Waals surface area contributed by atoms with Crippen LogP contribution in [0.1, 0.15) is 41.1 Å². The molecule has 0 saturated carbocycles. The quantitative estimate of drug-likeness (QED) is 0.844. The van der Waals surface area contributed by atoms with Crippen molar-refractivity contribution in [3.8, 4) is 10.4 Å². The second-order valence-corrected chi connectivity index (χ2v) is 7.75. The van der Waals surface area contributed by atoms with E-state index in [2.05, 4.69) is 13.8 Å². The molecule has 2 nitrogen and oxygen atoms in total. The predicted molar refractivity (Wildman–Crippen MR) is 92.1 cm³/mol. The minimum atomic E-state index is -0.0291. The van der Waals surface area contributed by atoms with Crippen LogP contribution in [0, 0.1) is 5.41 Å². The van der Waals surface area contributed by atoms with E-state index in [4.69, 9.17) is 18.0 Å². The smallest absolute Gasteiger partial charge is 0.165 e. The fraction of sp³-hybridized carbons (Fsp3) is 0.294. The minimum Gasteiger partial charge on any atom is -0.389 e. The maximum atomic E-state index is 12.7. The summed E-state index contributed by atoms with van der Waals surface area (Å²) in [4.78, 5) is 15.0. The molecule has 0 spiro atoms. The first kappa shape index (κ1) is 14.4. The molecule has 0 atom stereocenters. The number of hydrogen-bond donors (Lipinski definition) is 1. The molecule has 0 amide bonds. The molecular weight excluding hydrogens is 298 g/mol. The van der Waals surface area contributed by atoms with Crippen LogP contribution >= 0.6 is 23.6 Å². The van der Waals surface area contributed by atoms with Gasteiger partial charge >= 0.3 is 0 Å². The molecule has 2 aromatic rings. The number of fused-ring (bicyclic) bond motifs is 1. The molecule has 0 saturated heterocycles. The van der Waals surface area contributed by atoms with Crippen LogP contribution in [0.4, 0.5) is 0 Å². The van der Waals surface area contributed by atoms with Crippen molar-refractivity contribution in [1.82, 2.24) is 0 Å². The third-order valence-corrected chi connectivity index (χ3v) is 5.49. The highest BCUT2D eigenvalue weighted by Gasteiger charge is 2.36. The summed E-state index contributed by atoms with van der Waals surface area (Å²) >= 11 is 6.76. The van der Waals surface area contributed by atoms with Crippen LogP contribution in [0.15, 0.2) is 30.3 Å². The zero-order valence-corrected chi connectivity index (χ0v) is 13.7. The fourth-order valence-corrected chi connectivity index (χ4v) is 4.43. The fourth-order valence-electron chi connectivity index (χ4n) is 2.98. The lowest BCUT2D eigenvalue weighted by Gasteiger charge is -2.29. The van der Waals surface area contributed by atoms with E-state index in [1.807, 2.05) is 30.3 Å². The Morgan fingerprint density at radius 1 is 1.24 bits per heavy atom. The largest absolute Gasteiger partial charge is 0.389 e. The summed E-state index contributed by atoms with van der Waals surface area (Å²) in [6.45, 7) is 4.24. The third kappa shape index (κ3) is 2.54. The highest BCUT2D eigenvalue weighted by molar-refractivity contribution is 7.81. The highest BCUT2D eigenvalue weighted by Crippen LogP contribution is 2.45. The second kappa shape index (κ2) is 5.04. The Balaban J connectivity index is 2.26. The summed E-state index contributed by atoms with van der Waals surface area (Å²) in [5, 5.41) is 0. The Kier molecular flexibility index (Phi) is 3.46. The summed E-state index contributed by atoms with van der Waals surface area (Å²) in [5.41, 5.74) is 8.82. The molecule has 3 rings (SSSR count). The Morgan fingerprint density at radius 3 is 2.52 bits per heavy atom. The summed E-state index contributed by atoms with van der Waals surface area (Å²) in [6, 6.07) is 10.0. The van der Waals surface area contributed by atoms with Gasteiger partial charge in [-0.15, -0.1) is 11.3 Å². The Bertz CT molecular complexity index is 729. The average molecular weight is 315 g/mol. The summed E-state index contributed by atoms with van der Waals surface area (Å²) in [6.07, 6.45) is 1.43. The van der Waals surface area contributed by atoms with Crippen LogP contribution in [0.3, 0.4) is 0 Å². The van der Waals surface area contributed by atoms with Gasteiger partial charge in [-0.1, -0.05) is 56.4 Å². The number of carbonyl (C=O) groups excluding carboxylic acids is 1. The zero-order chi connectivity index (χ0) is 15.2. The summed E-state index contributed by atoms with van der Waals surface area (Å²) in [7, 11) is 0. The first-order valence-electron chi connectivity index (χ1n) is 6.93. The van der Waals surface area contributed by atoms with Gasteiger partial charge in [0.1, 0.15) is 4.99 Å². The van der Waals surface area contributed by atoms with E-state index in [1.54, 1.807) is 11.3 Å². The standard InChI is InChI=1S/C17H17NOS2/c1-17(2)8-11-13(12(19)9-17)14(21-15(11)16(18)20)10-6-4-3-5-7-10/h3-7H,8-9H2,1-2H3,(H2,18,20).